The predicted molar refractivity (Wildman–Crippen MR) is 105 cm³/mol. The van der Waals surface area contributed by atoms with E-state index in [1.807, 2.05) is 0 Å². The Labute approximate surface area is 171 Å². The van der Waals surface area contributed by atoms with Gasteiger partial charge in [-0.05, 0) is 30.7 Å². The van der Waals surface area contributed by atoms with E-state index in [0.717, 1.165) is 0 Å². The average molecular weight is 407 g/mol. The van der Waals surface area contributed by atoms with E-state index in [9.17, 15) is 14.3 Å². The zero-order valence-electron chi connectivity index (χ0n) is 16.1. The summed E-state index contributed by atoms with van der Waals surface area (Å²) in [7, 11) is 0. The maximum absolute atomic E-state index is 14.4. The van der Waals surface area contributed by atoms with Crippen LogP contribution in [-0.4, -0.2) is 57.4 Å². The van der Waals surface area contributed by atoms with Crippen LogP contribution >= 0.6 is 0 Å². The van der Waals surface area contributed by atoms with Crippen molar-refractivity contribution in [2.75, 3.05) is 26.3 Å². The number of carbonyl (C=O) groups is 1. The Hall–Kier alpha value is -3.77. The van der Waals surface area contributed by atoms with Crippen molar-refractivity contribution in [3.63, 3.8) is 0 Å². The molecule has 3 heterocycles. The van der Waals surface area contributed by atoms with Gasteiger partial charge in [-0.25, -0.2) is 9.49 Å². The molecule has 8 nitrogen and oxygen atoms in total. The molecule has 1 amide bonds. The van der Waals surface area contributed by atoms with E-state index in [2.05, 4.69) is 15.2 Å². The topological polar surface area (TPSA) is 115 Å². The Balaban J connectivity index is 1.69. The summed E-state index contributed by atoms with van der Waals surface area (Å²) in [6.45, 7) is 3.60. The highest BCUT2D eigenvalue weighted by Crippen LogP contribution is 2.38. The number of pyridine rings is 1. The average Bonchev–Trinajstić information content (AvgIpc) is 3.17. The van der Waals surface area contributed by atoms with Gasteiger partial charge in [0.25, 0.3) is 5.91 Å². The number of nitrogens with one attached hydrogen (secondary N) is 1. The van der Waals surface area contributed by atoms with Crippen molar-refractivity contribution in [3.05, 3.63) is 53.0 Å². The summed E-state index contributed by atoms with van der Waals surface area (Å²) in [5.41, 5.74) is 1.97. The third kappa shape index (κ3) is 3.38. The number of halogens is 1. The number of hydrogen-bond acceptors (Lipinski definition) is 6. The summed E-state index contributed by atoms with van der Waals surface area (Å²) in [5.74, 6) is -1.00. The Kier molecular flexibility index (Phi) is 5.16. The summed E-state index contributed by atoms with van der Waals surface area (Å²) in [6.07, 6.45) is 1.44. The number of aromatic amines is 1. The van der Waals surface area contributed by atoms with Crippen molar-refractivity contribution < 1.29 is 19.0 Å². The number of nitrogens with zero attached hydrogens (tertiary/aromatic N) is 4. The summed E-state index contributed by atoms with van der Waals surface area (Å²) in [6, 6.07) is 7.98. The quantitative estimate of drug-likeness (QED) is 0.690. The minimum atomic E-state index is -0.636. The third-order valence-electron chi connectivity index (χ3n) is 5.07. The molecular formula is C21H18FN5O3. The van der Waals surface area contributed by atoms with Gasteiger partial charge in [-0.15, -0.1) is 0 Å². The van der Waals surface area contributed by atoms with Crippen molar-refractivity contribution in [2.45, 2.75) is 6.92 Å². The number of benzene rings is 1. The molecule has 0 bridgehead atoms. The number of ether oxygens (including phenoxy) is 1. The lowest BCUT2D eigenvalue weighted by molar-refractivity contribution is 0.0302. The SMILES string of the molecule is Cc1c(-c2n[nH]c(O)c2-c2ccc(C(=O)N3CCOCC3)cn2)ccc(C#N)c1F. The second kappa shape index (κ2) is 7.93. The Morgan fingerprint density at radius 3 is 2.73 bits per heavy atom. The van der Waals surface area contributed by atoms with Crippen molar-refractivity contribution in [2.24, 2.45) is 0 Å². The van der Waals surface area contributed by atoms with Crippen molar-refractivity contribution in [1.82, 2.24) is 20.1 Å². The molecule has 1 saturated heterocycles. The fourth-order valence-corrected chi connectivity index (χ4v) is 3.42. The van der Waals surface area contributed by atoms with E-state index in [4.69, 9.17) is 10.00 Å². The molecule has 152 valence electrons. The van der Waals surface area contributed by atoms with Crippen LogP contribution in [0.4, 0.5) is 4.39 Å². The molecular weight excluding hydrogens is 389 g/mol. The molecule has 4 rings (SSSR count). The largest absolute Gasteiger partial charge is 0.493 e. The summed E-state index contributed by atoms with van der Waals surface area (Å²) in [5, 5.41) is 25.9. The number of hydrogen-bond donors (Lipinski definition) is 2. The number of rotatable bonds is 3. The van der Waals surface area contributed by atoms with Crippen LogP contribution in [0.2, 0.25) is 0 Å². The van der Waals surface area contributed by atoms with E-state index in [0.29, 0.717) is 48.8 Å². The first kappa shape index (κ1) is 19.5. The highest BCUT2D eigenvalue weighted by atomic mass is 19.1. The van der Waals surface area contributed by atoms with Crippen LogP contribution in [0, 0.1) is 24.1 Å². The first-order valence-electron chi connectivity index (χ1n) is 9.31. The first-order valence-corrected chi connectivity index (χ1v) is 9.31. The highest BCUT2D eigenvalue weighted by molar-refractivity contribution is 5.94. The van der Waals surface area contributed by atoms with Crippen molar-refractivity contribution >= 4 is 5.91 Å². The number of nitriles is 1. The van der Waals surface area contributed by atoms with Gasteiger partial charge < -0.3 is 14.7 Å². The molecule has 3 aromatic rings. The van der Waals surface area contributed by atoms with Gasteiger partial charge in [0.2, 0.25) is 5.88 Å². The molecule has 0 atom stereocenters. The minimum Gasteiger partial charge on any atom is -0.493 e. The van der Waals surface area contributed by atoms with Gasteiger partial charge in [0.05, 0.1) is 35.6 Å². The fraction of sp³-hybridized carbons (Fsp3) is 0.238. The summed E-state index contributed by atoms with van der Waals surface area (Å²) in [4.78, 5) is 18.6. The van der Waals surface area contributed by atoms with Gasteiger partial charge in [0.15, 0.2) is 0 Å². The molecule has 0 unspecified atom stereocenters. The molecule has 1 fully saturated rings. The van der Waals surface area contributed by atoms with Crippen LogP contribution in [0.1, 0.15) is 21.5 Å². The normalized spacial score (nSPS) is 13.8. The Bertz CT molecular complexity index is 1140. The molecule has 0 spiro atoms. The molecule has 1 aromatic carbocycles. The third-order valence-corrected chi connectivity index (χ3v) is 5.07. The van der Waals surface area contributed by atoms with Crippen LogP contribution in [0.15, 0.2) is 30.5 Å². The molecule has 0 aliphatic carbocycles. The standard InChI is InChI=1S/C21H18FN5O3/c1-12-15(4-2-13(10-23)18(12)22)19-17(20(28)26-25-19)16-5-3-14(11-24-16)21(29)27-6-8-30-9-7-27/h2-5,11H,6-9H2,1H3,(H2,25,26,28). The van der Waals surface area contributed by atoms with Gasteiger partial charge in [-0.1, -0.05) is 6.07 Å². The summed E-state index contributed by atoms with van der Waals surface area (Å²) >= 11 is 0. The number of amides is 1. The second-order valence-electron chi connectivity index (χ2n) is 6.84. The van der Waals surface area contributed by atoms with Crippen LogP contribution in [0.3, 0.4) is 0 Å². The molecule has 1 aliphatic rings. The second-order valence-corrected chi connectivity index (χ2v) is 6.84. The van der Waals surface area contributed by atoms with Crippen LogP contribution < -0.4 is 0 Å². The maximum atomic E-state index is 14.4. The van der Waals surface area contributed by atoms with E-state index >= 15 is 0 Å². The molecule has 0 radical (unpaired) electrons. The lowest BCUT2D eigenvalue weighted by atomic mass is 9.98. The van der Waals surface area contributed by atoms with Crippen LogP contribution in [0.25, 0.3) is 22.5 Å². The van der Waals surface area contributed by atoms with Gasteiger partial charge in [0.1, 0.15) is 17.6 Å². The van der Waals surface area contributed by atoms with E-state index in [1.165, 1.54) is 12.3 Å². The highest BCUT2D eigenvalue weighted by Gasteiger charge is 2.23. The molecule has 2 aromatic heterocycles. The van der Waals surface area contributed by atoms with Gasteiger partial charge >= 0.3 is 0 Å². The summed E-state index contributed by atoms with van der Waals surface area (Å²) < 4.78 is 19.7. The number of morpholine rings is 1. The lowest BCUT2D eigenvalue weighted by Gasteiger charge is -2.26. The smallest absolute Gasteiger partial charge is 0.255 e. The van der Waals surface area contributed by atoms with Gasteiger partial charge in [-0.3, -0.25) is 9.78 Å². The van der Waals surface area contributed by atoms with E-state index < -0.39 is 5.82 Å². The number of carbonyl (C=O) groups excluding carboxylic acids is 1. The zero-order chi connectivity index (χ0) is 21.3. The van der Waals surface area contributed by atoms with E-state index in [1.54, 1.807) is 36.1 Å². The van der Waals surface area contributed by atoms with Crippen molar-refractivity contribution in [1.29, 1.82) is 5.26 Å². The Morgan fingerprint density at radius 2 is 2.07 bits per heavy atom. The lowest BCUT2D eigenvalue weighted by Crippen LogP contribution is -2.40. The van der Waals surface area contributed by atoms with E-state index in [-0.39, 0.29) is 28.5 Å². The molecule has 1 aliphatic heterocycles. The number of aromatic hydroxyl groups is 1. The monoisotopic (exact) mass is 407 g/mol. The maximum Gasteiger partial charge on any atom is 0.255 e. The number of H-pyrrole nitrogens is 1. The van der Waals surface area contributed by atoms with Crippen LogP contribution in [0.5, 0.6) is 5.88 Å². The zero-order valence-corrected chi connectivity index (χ0v) is 16.1. The van der Waals surface area contributed by atoms with Gasteiger partial charge in [-0.2, -0.15) is 10.4 Å². The first-order chi connectivity index (χ1) is 14.5. The molecule has 0 saturated carbocycles. The van der Waals surface area contributed by atoms with Crippen LogP contribution in [-0.2, 0) is 4.74 Å². The minimum absolute atomic E-state index is 0.0679. The number of aromatic nitrogens is 3. The van der Waals surface area contributed by atoms with Gasteiger partial charge in [0, 0.05) is 24.8 Å². The molecule has 2 N–H and O–H groups in total. The molecule has 30 heavy (non-hydrogen) atoms. The predicted octanol–water partition coefficient (Wildman–Crippen LogP) is 2.64. The fourth-order valence-electron chi connectivity index (χ4n) is 3.42. The van der Waals surface area contributed by atoms with Crippen molar-refractivity contribution in [3.8, 4) is 34.5 Å². The molecule has 9 heteroatoms. The Morgan fingerprint density at radius 1 is 1.30 bits per heavy atom.